The van der Waals surface area contributed by atoms with Crippen molar-refractivity contribution in [2.45, 2.75) is 26.2 Å². The van der Waals surface area contributed by atoms with Crippen molar-refractivity contribution in [1.29, 1.82) is 0 Å². The molecule has 2 aromatic rings. The molecule has 11 heteroatoms. The van der Waals surface area contributed by atoms with Gasteiger partial charge >= 0.3 is 6.09 Å². The zero-order chi connectivity index (χ0) is 21.0. The molecule has 0 aromatic carbocycles. The number of nitrogens with one attached hydrogen (secondary N) is 1. The largest absolute Gasteiger partial charge is 0.465 e. The summed E-state index contributed by atoms with van der Waals surface area (Å²) in [6.45, 7) is 6.28. The van der Waals surface area contributed by atoms with Gasteiger partial charge in [-0.1, -0.05) is 11.6 Å². The van der Waals surface area contributed by atoms with Crippen LogP contribution < -0.4 is 10.2 Å². The fraction of sp³-hybridized carbons (Fsp3) is 0.556. The third-order valence-corrected chi connectivity index (χ3v) is 4.83. The van der Waals surface area contributed by atoms with Gasteiger partial charge in [-0.05, 0) is 19.9 Å². The lowest BCUT2D eigenvalue weighted by Crippen LogP contribution is -2.60. The fourth-order valence-corrected chi connectivity index (χ4v) is 3.15. The monoisotopic (exact) mass is 424 g/mol. The molecule has 1 amide bonds. The summed E-state index contributed by atoms with van der Waals surface area (Å²) >= 11 is 6.04. The van der Waals surface area contributed by atoms with Crippen LogP contribution in [-0.4, -0.2) is 83.3 Å². The number of anilines is 2. The van der Waals surface area contributed by atoms with E-state index in [1.165, 1.54) is 11.1 Å². The Balaban J connectivity index is 1.83. The molecule has 3 rings (SSSR count). The number of carboxylic acid groups (broad SMARTS) is 1. The molecule has 1 fully saturated rings. The van der Waals surface area contributed by atoms with Gasteiger partial charge in [-0.3, -0.25) is 0 Å². The second-order valence-electron chi connectivity index (χ2n) is 6.57. The first-order chi connectivity index (χ1) is 13.9. The predicted octanol–water partition coefficient (Wildman–Crippen LogP) is 2.29. The van der Waals surface area contributed by atoms with Crippen LogP contribution >= 0.6 is 11.6 Å². The number of hydrogen-bond acceptors (Lipinski definition) is 8. The highest BCUT2D eigenvalue weighted by Crippen LogP contribution is 2.30. The Bertz CT molecular complexity index is 858. The van der Waals surface area contributed by atoms with E-state index in [9.17, 15) is 4.79 Å². The number of aromatic nitrogens is 3. The minimum atomic E-state index is -0.954. The molecule has 2 N–H and O–H groups in total. The topological polar surface area (TPSA) is 113 Å². The Morgan fingerprint density at radius 3 is 2.69 bits per heavy atom. The molecule has 0 atom stereocenters. The Morgan fingerprint density at radius 1 is 1.38 bits per heavy atom. The van der Waals surface area contributed by atoms with Gasteiger partial charge in [-0.15, -0.1) is 0 Å². The SMILES string of the molecule is CCOC(CNc1nc2cc(Cl)cnc2nc1N1CC(N(C)C(=O)O)C1)OCC. The van der Waals surface area contributed by atoms with Crippen molar-refractivity contribution in [2.24, 2.45) is 0 Å². The molecule has 0 bridgehead atoms. The van der Waals surface area contributed by atoms with Crippen molar-refractivity contribution in [3.05, 3.63) is 17.3 Å². The zero-order valence-electron chi connectivity index (χ0n) is 16.6. The van der Waals surface area contributed by atoms with Crippen molar-refractivity contribution >= 4 is 40.5 Å². The third-order valence-electron chi connectivity index (χ3n) is 4.62. The number of likely N-dealkylation sites (N-methyl/N-ethyl adjacent to an activating group) is 1. The second-order valence-corrected chi connectivity index (χ2v) is 7.00. The number of carbonyl (C=O) groups is 1. The number of nitrogens with zero attached hydrogens (tertiary/aromatic N) is 5. The summed E-state index contributed by atoms with van der Waals surface area (Å²) in [6, 6.07) is 1.60. The number of halogens is 1. The number of amides is 1. The first kappa shape index (κ1) is 21.3. The van der Waals surface area contributed by atoms with Crippen molar-refractivity contribution in [3.63, 3.8) is 0 Å². The van der Waals surface area contributed by atoms with E-state index in [2.05, 4.69) is 20.3 Å². The van der Waals surface area contributed by atoms with Gasteiger partial charge in [-0.2, -0.15) is 0 Å². The van der Waals surface area contributed by atoms with E-state index in [0.29, 0.717) is 60.7 Å². The standard InChI is InChI=1S/C18H25ClN6O4/c1-4-28-14(29-5-2)8-21-16-17(25-9-12(10-25)24(3)18(26)27)23-15-13(22-16)6-11(19)7-20-15/h6-7,12,14H,4-5,8-10H2,1-3H3,(H,21,22)(H,26,27). The second kappa shape index (κ2) is 9.38. The summed E-state index contributed by atoms with van der Waals surface area (Å²) in [7, 11) is 1.56. The summed E-state index contributed by atoms with van der Waals surface area (Å²) < 4.78 is 11.1. The first-order valence-electron chi connectivity index (χ1n) is 9.44. The molecule has 2 aromatic heterocycles. The summed E-state index contributed by atoms with van der Waals surface area (Å²) in [5.74, 6) is 1.15. The molecule has 0 saturated carbocycles. The molecule has 0 aliphatic carbocycles. The van der Waals surface area contributed by atoms with Crippen LogP contribution in [0.4, 0.5) is 16.4 Å². The normalized spacial score (nSPS) is 14.3. The van der Waals surface area contributed by atoms with Gasteiger partial charge in [0.15, 0.2) is 23.6 Å². The molecule has 1 aliphatic heterocycles. The highest BCUT2D eigenvalue weighted by Gasteiger charge is 2.35. The van der Waals surface area contributed by atoms with Gasteiger partial charge in [-0.25, -0.2) is 19.7 Å². The quantitative estimate of drug-likeness (QED) is 0.585. The molecule has 0 radical (unpaired) electrons. The molecule has 0 spiro atoms. The van der Waals surface area contributed by atoms with E-state index >= 15 is 0 Å². The number of hydrogen-bond donors (Lipinski definition) is 2. The molecule has 1 saturated heterocycles. The highest BCUT2D eigenvalue weighted by molar-refractivity contribution is 6.31. The molecule has 10 nitrogen and oxygen atoms in total. The van der Waals surface area contributed by atoms with Gasteiger partial charge in [0.05, 0.1) is 17.6 Å². The zero-order valence-corrected chi connectivity index (χ0v) is 17.4. The van der Waals surface area contributed by atoms with Crippen LogP contribution in [0.15, 0.2) is 12.3 Å². The maximum absolute atomic E-state index is 11.2. The molecule has 3 heterocycles. The first-order valence-corrected chi connectivity index (χ1v) is 9.81. The Morgan fingerprint density at radius 2 is 2.07 bits per heavy atom. The number of fused-ring (bicyclic) bond motifs is 1. The fourth-order valence-electron chi connectivity index (χ4n) is 3.00. The third kappa shape index (κ3) is 4.95. The Labute approximate surface area is 173 Å². The van der Waals surface area contributed by atoms with Crippen molar-refractivity contribution in [3.8, 4) is 0 Å². The van der Waals surface area contributed by atoms with Gasteiger partial charge in [0.2, 0.25) is 0 Å². The average molecular weight is 425 g/mol. The van der Waals surface area contributed by atoms with Gasteiger partial charge in [0, 0.05) is 39.5 Å². The predicted molar refractivity (Wildman–Crippen MR) is 110 cm³/mol. The smallest absolute Gasteiger partial charge is 0.407 e. The van der Waals surface area contributed by atoms with E-state index in [1.54, 1.807) is 13.1 Å². The molecule has 29 heavy (non-hydrogen) atoms. The minimum absolute atomic E-state index is 0.101. The summed E-state index contributed by atoms with van der Waals surface area (Å²) in [5, 5.41) is 12.9. The highest BCUT2D eigenvalue weighted by atomic mass is 35.5. The van der Waals surface area contributed by atoms with E-state index < -0.39 is 12.4 Å². The van der Waals surface area contributed by atoms with Crippen molar-refractivity contribution in [1.82, 2.24) is 19.9 Å². The van der Waals surface area contributed by atoms with E-state index in [0.717, 1.165) is 0 Å². The van der Waals surface area contributed by atoms with Gasteiger partial charge < -0.3 is 29.7 Å². The Hall–Kier alpha value is -2.43. The molecule has 0 unspecified atom stereocenters. The van der Waals surface area contributed by atoms with Crippen LogP contribution in [0.25, 0.3) is 11.2 Å². The van der Waals surface area contributed by atoms with Gasteiger partial charge in [0.25, 0.3) is 0 Å². The van der Waals surface area contributed by atoms with E-state index in [1.807, 2.05) is 18.7 Å². The van der Waals surface area contributed by atoms with Crippen LogP contribution in [0.1, 0.15) is 13.8 Å². The minimum Gasteiger partial charge on any atom is -0.465 e. The maximum atomic E-state index is 11.2. The van der Waals surface area contributed by atoms with E-state index in [-0.39, 0.29) is 6.04 Å². The number of rotatable bonds is 9. The van der Waals surface area contributed by atoms with Crippen molar-refractivity contribution in [2.75, 3.05) is 50.1 Å². The maximum Gasteiger partial charge on any atom is 0.407 e. The van der Waals surface area contributed by atoms with Crippen molar-refractivity contribution < 1.29 is 19.4 Å². The summed E-state index contributed by atoms with van der Waals surface area (Å²) in [5.41, 5.74) is 1.03. The van der Waals surface area contributed by atoms with Gasteiger partial charge in [0.1, 0.15) is 5.52 Å². The summed E-state index contributed by atoms with van der Waals surface area (Å²) in [4.78, 5) is 27.9. The lowest BCUT2D eigenvalue weighted by atomic mass is 10.1. The van der Waals surface area contributed by atoms with Crippen LogP contribution in [0.2, 0.25) is 5.02 Å². The Kier molecular flexibility index (Phi) is 6.88. The number of ether oxygens (including phenoxy) is 2. The van der Waals surface area contributed by atoms with E-state index in [4.69, 9.17) is 26.2 Å². The summed E-state index contributed by atoms with van der Waals surface area (Å²) in [6.07, 6.45) is 0.146. The van der Waals surface area contributed by atoms with Crippen LogP contribution in [0.5, 0.6) is 0 Å². The number of pyridine rings is 1. The average Bonchev–Trinajstić information content (AvgIpc) is 2.65. The lowest BCUT2D eigenvalue weighted by Gasteiger charge is -2.43. The lowest BCUT2D eigenvalue weighted by molar-refractivity contribution is -0.126. The van der Waals surface area contributed by atoms with Crippen LogP contribution in [0.3, 0.4) is 0 Å². The van der Waals surface area contributed by atoms with Crippen LogP contribution in [0, 0.1) is 0 Å². The molecular weight excluding hydrogens is 400 g/mol. The molecule has 158 valence electrons. The van der Waals surface area contributed by atoms with Crippen LogP contribution in [-0.2, 0) is 9.47 Å². The molecule has 1 aliphatic rings. The molecular formula is C18H25ClN6O4.